The lowest BCUT2D eigenvalue weighted by molar-refractivity contribution is -0.00177. The monoisotopic (exact) mass is 471 g/mol. The molecule has 1 aliphatic carbocycles. The molecular formula is C23H27F2N7O2. The highest BCUT2D eigenvalue weighted by molar-refractivity contribution is 6.00. The molecule has 0 bridgehead atoms. The Morgan fingerprint density at radius 1 is 1.35 bits per heavy atom. The van der Waals surface area contributed by atoms with Gasteiger partial charge in [-0.1, -0.05) is 0 Å². The van der Waals surface area contributed by atoms with Gasteiger partial charge in [-0.25, -0.2) is 18.7 Å². The van der Waals surface area contributed by atoms with E-state index in [2.05, 4.69) is 25.6 Å². The van der Waals surface area contributed by atoms with Gasteiger partial charge >= 0.3 is 0 Å². The fourth-order valence-corrected chi connectivity index (χ4v) is 3.51. The Morgan fingerprint density at radius 3 is 2.62 bits per heavy atom. The lowest BCUT2D eigenvalue weighted by Gasteiger charge is -2.23. The zero-order chi connectivity index (χ0) is 24.9. The van der Waals surface area contributed by atoms with Gasteiger partial charge in [0.25, 0.3) is 5.91 Å². The van der Waals surface area contributed by atoms with E-state index in [1.54, 1.807) is 0 Å². The molecule has 1 saturated carbocycles. The molecule has 9 nitrogen and oxygen atoms in total. The number of aromatic nitrogens is 3. The summed E-state index contributed by atoms with van der Waals surface area (Å²) in [6.07, 6.45) is 4.15. The number of amides is 1. The molecule has 180 valence electrons. The topological polar surface area (TPSA) is 150 Å². The average Bonchev–Trinajstić information content (AvgIpc) is 3.22. The number of alkyl halides is 2. The van der Waals surface area contributed by atoms with Crippen LogP contribution in [0.1, 0.15) is 60.5 Å². The summed E-state index contributed by atoms with van der Waals surface area (Å²) in [5.41, 5.74) is 5.48. The summed E-state index contributed by atoms with van der Waals surface area (Å²) in [5.74, 6) is -0.415. The number of aliphatic hydroxyl groups is 1. The number of carbonyl (C=O) groups is 1. The third-order valence-electron chi connectivity index (χ3n) is 5.59. The second-order valence-electron chi connectivity index (χ2n) is 8.63. The predicted octanol–water partition coefficient (Wildman–Crippen LogP) is 2.23. The van der Waals surface area contributed by atoms with E-state index >= 15 is 0 Å². The molecule has 0 radical (unpaired) electrons. The van der Waals surface area contributed by atoms with E-state index in [1.807, 2.05) is 6.07 Å². The Labute approximate surface area is 196 Å². The van der Waals surface area contributed by atoms with Crippen molar-refractivity contribution in [1.82, 2.24) is 20.3 Å². The average molecular weight is 472 g/mol. The van der Waals surface area contributed by atoms with Crippen LogP contribution in [-0.4, -0.2) is 56.5 Å². The second kappa shape index (κ2) is 10.5. The van der Waals surface area contributed by atoms with E-state index in [0.717, 1.165) is 0 Å². The second-order valence-corrected chi connectivity index (χ2v) is 8.63. The van der Waals surface area contributed by atoms with Crippen LogP contribution < -0.4 is 16.4 Å². The van der Waals surface area contributed by atoms with Crippen LogP contribution in [0, 0.1) is 11.3 Å². The highest BCUT2D eigenvalue weighted by atomic mass is 19.1. The summed E-state index contributed by atoms with van der Waals surface area (Å²) in [5, 5.41) is 24.2. The quantitative estimate of drug-likeness (QED) is 0.458. The third-order valence-corrected chi connectivity index (χ3v) is 5.59. The van der Waals surface area contributed by atoms with Crippen LogP contribution in [0.3, 0.4) is 0 Å². The first-order chi connectivity index (χ1) is 16.1. The normalized spacial score (nSPS) is 19.4. The highest BCUT2D eigenvalue weighted by Gasteiger charge is 2.30. The molecule has 0 aliphatic heterocycles. The van der Waals surface area contributed by atoms with Crippen LogP contribution in [-0.2, 0) is 0 Å². The maximum atomic E-state index is 14.3. The van der Waals surface area contributed by atoms with Crippen LogP contribution in [0.25, 0.3) is 5.57 Å². The Kier molecular flexibility index (Phi) is 7.73. The van der Waals surface area contributed by atoms with Gasteiger partial charge in [0.15, 0.2) is 5.82 Å². The van der Waals surface area contributed by atoms with Gasteiger partial charge in [0, 0.05) is 24.8 Å². The van der Waals surface area contributed by atoms with Crippen molar-refractivity contribution in [2.75, 3.05) is 11.9 Å². The van der Waals surface area contributed by atoms with Crippen LogP contribution in [0.4, 0.5) is 14.5 Å². The Balaban J connectivity index is 1.92. The Morgan fingerprint density at radius 2 is 2.06 bits per heavy atom. The van der Waals surface area contributed by atoms with Gasteiger partial charge in [0.1, 0.15) is 18.4 Å². The molecule has 3 rings (SSSR count). The number of halogens is 2. The number of pyridine rings is 1. The van der Waals surface area contributed by atoms with Crippen molar-refractivity contribution in [2.45, 2.75) is 57.1 Å². The number of anilines is 1. The van der Waals surface area contributed by atoms with E-state index in [1.165, 1.54) is 44.7 Å². The Bertz CT molecular complexity index is 1090. The molecule has 1 aliphatic rings. The largest absolute Gasteiger partial charge is 0.404 e. The first-order valence-corrected chi connectivity index (χ1v) is 10.8. The third kappa shape index (κ3) is 5.82. The molecular weight excluding hydrogens is 444 g/mol. The SMILES string of the molecule is CC(C)(O)[C@H](F)CNC(=O)c1cnc(C(=CN)c2ncc(C#N)cn2)cc1NC1CCCC1F. The lowest BCUT2D eigenvalue weighted by Crippen LogP contribution is -2.42. The number of hydrogen-bond donors (Lipinski definition) is 4. The first kappa shape index (κ1) is 25.0. The van der Waals surface area contributed by atoms with Crippen molar-refractivity contribution in [3.05, 3.63) is 53.5 Å². The van der Waals surface area contributed by atoms with E-state index in [0.29, 0.717) is 36.2 Å². The molecule has 0 spiro atoms. The number of carbonyl (C=O) groups excluding carboxylic acids is 1. The van der Waals surface area contributed by atoms with Crippen molar-refractivity contribution in [3.63, 3.8) is 0 Å². The van der Waals surface area contributed by atoms with E-state index in [-0.39, 0.29) is 17.0 Å². The van der Waals surface area contributed by atoms with Gasteiger partial charge in [-0.15, -0.1) is 0 Å². The summed E-state index contributed by atoms with van der Waals surface area (Å²) in [6.45, 7) is 2.20. The van der Waals surface area contributed by atoms with Gasteiger partial charge < -0.3 is 21.5 Å². The van der Waals surface area contributed by atoms with Crippen LogP contribution in [0.5, 0.6) is 0 Å². The van der Waals surface area contributed by atoms with Crippen LogP contribution in [0.15, 0.2) is 30.9 Å². The molecule has 0 saturated heterocycles. The first-order valence-electron chi connectivity index (χ1n) is 10.8. The van der Waals surface area contributed by atoms with Crippen LogP contribution in [0.2, 0.25) is 0 Å². The van der Waals surface area contributed by atoms with Gasteiger partial charge in [-0.3, -0.25) is 9.78 Å². The van der Waals surface area contributed by atoms with Crippen molar-refractivity contribution < 1.29 is 18.7 Å². The minimum absolute atomic E-state index is 0.0860. The molecule has 11 heteroatoms. The van der Waals surface area contributed by atoms with Gasteiger partial charge in [-0.2, -0.15) is 5.26 Å². The molecule has 2 unspecified atom stereocenters. The van der Waals surface area contributed by atoms with Crippen molar-refractivity contribution >= 4 is 17.2 Å². The van der Waals surface area contributed by atoms with Crippen molar-refractivity contribution in [2.24, 2.45) is 5.73 Å². The molecule has 1 fully saturated rings. The number of nitrogens with one attached hydrogen (secondary N) is 2. The maximum Gasteiger partial charge on any atom is 0.255 e. The molecule has 34 heavy (non-hydrogen) atoms. The van der Waals surface area contributed by atoms with Crippen molar-refractivity contribution in [1.29, 1.82) is 5.26 Å². The zero-order valence-electron chi connectivity index (χ0n) is 18.9. The summed E-state index contributed by atoms with van der Waals surface area (Å²) in [4.78, 5) is 25.4. The van der Waals surface area contributed by atoms with Crippen LogP contribution >= 0.6 is 0 Å². The lowest BCUT2D eigenvalue weighted by atomic mass is 10.0. The number of rotatable bonds is 8. The molecule has 3 atom stereocenters. The predicted molar refractivity (Wildman–Crippen MR) is 122 cm³/mol. The smallest absolute Gasteiger partial charge is 0.255 e. The number of nitrogens with zero attached hydrogens (tertiary/aromatic N) is 4. The minimum atomic E-state index is -1.69. The molecule has 0 aromatic carbocycles. The van der Waals surface area contributed by atoms with Gasteiger partial charge in [-0.05, 0) is 39.2 Å². The molecule has 2 aromatic rings. The van der Waals surface area contributed by atoms with E-state index in [9.17, 15) is 18.7 Å². The van der Waals surface area contributed by atoms with Crippen molar-refractivity contribution in [3.8, 4) is 6.07 Å². The molecule has 5 N–H and O–H groups in total. The van der Waals surface area contributed by atoms with Gasteiger partial charge in [0.05, 0.1) is 46.3 Å². The fourth-order valence-electron chi connectivity index (χ4n) is 3.51. The van der Waals surface area contributed by atoms with E-state index < -0.39 is 36.4 Å². The number of nitrogens with two attached hydrogens (primary N) is 1. The maximum absolute atomic E-state index is 14.3. The fraction of sp³-hybridized carbons (Fsp3) is 0.435. The summed E-state index contributed by atoms with van der Waals surface area (Å²) in [6, 6.07) is 2.96. The minimum Gasteiger partial charge on any atom is -0.404 e. The number of hydrogen-bond acceptors (Lipinski definition) is 8. The summed E-state index contributed by atoms with van der Waals surface area (Å²) < 4.78 is 28.4. The van der Waals surface area contributed by atoms with Gasteiger partial charge in [0.2, 0.25) is 0 Å². The molecule has 2 heterocycles. The highest BCUT2D eigenvalue weighted by Crippen LogP contribution is 2.29. The molecule has 1 amide bonds. The summed E-state index contributed by atoms with van der Waals surface area (Å²) >= 11 is 0. The van der Waals surface area contributed by atoms with E-state index in [4.69, 9.17) is 11.0 Å². The number of nitriles is 1. The zero-order valence-corrected chi connectivity index (χ0v) is 18.9. The molecule has 2 aromatic heterocycles. The Hall–Kier alpha value is -3.65. The summed E-state index contributed by atoms with van der Waals surface area (Å²) in [7, 11) is 0. The standard InChI is InChI=1S/C23H27F2N7O2/c1-23(2,34)20(25)12-31-22(33)15-11-28-18(6-19(15)32-17-5-3-4-16(17)24)14(8-27)21-29-9-13(7-26)10-30-21/h6,8-11,16-17,20,34H,3-5,12,27H2,1-2H3,(H,28,32)(H,31,33)/t16?,17?,20-/m1/s1.